The number of hydrogen-bond donors (Lipinski definition) is 2. The standard InChI is InChI=1S/C9H11N5/c1-5-2-6-7(10)3-11-9-8(6)14(5)13-4-12-9/h2,4,7H,3,10H2,1H3,(H,11,12,13). The van der Waals surface area contributed by atoms with Gasteiger partial charge < -0.3 is 11.1 Å². The van der Waals surface area contributed by atoms with Gasteiger partial charge in [-0.05, 0) is 13.0 Å². The van der Waals surface area contributed by atoms with E-state index in [9.17, 15) is 0 Å². The van der Waals surface area contributed by atoms with Crippen molar-refractivity contribution in [3.8, 4) is 0 Å². The number of rotatable bonds is 0. The lowest BCUT2D eigenvalue weighted by molar-refractivity contribution is 0.748. The van der Waals surface area contributed by atoms with Crippen molar-refractivity contribution in [2.75, 3.05) is 11.9 Å². The van der Waals surface area contributed by atoms with Crippen LogP contribution in [-0.4, -0.2) is 21.1 Å². The molecule has 2 aromatic heterocycles. The molecule has 5 heteroatoms. The largest absolute Gasteiger partial charge is 0.366 e. The molecule has 0 saturated carbocycles. The van der Waals surface area contributed by atoms with Crippen LogP contribution in [0.2, 0.25) is 0 Å². The van der Waals surface area contributed by atoms with E-state index < -0.39 is 0 Å². The summed E-state index contributed by atoms with van der Waals surface area (Å²) in [5.74, 6) is 0.879. The summed E-state index contributed by atoms with van der Waals surface area (Å²) in [5.41, 5.74) is 9.24. The molecule has 3 N–H and O–H groups in total. The molecule has 0 saturated heterocycles. The van der Waals surface area contributed by atoms with Crippen LogP contribution in [-0.2, 0) is 0 Å². The minimum Gasteiger partial charge on any atom is -0.366 e. The highest BCUT2D eigenvalue weighted by atomic mass is 15.3. The third-order valence-corrected chi connectivity index (χ3v) is 2.65. The molecule has 1 atom stereocenters. The SMILES string of the molecule is Cc1cc2c3c(ncnn13)NCC2N. The van der Waals surface area contributed by atoms with E-state index in [0.717, 1.165) is 29.1 Å². The summed E-state index contributed by atoms with van der Waals surface area (Å²) in [5, 5.41) is 7.38. The minimum atomic E-state index is 0.0391. The molecule has 0 fully saturated rings. The maximum atomic E-state index is 5.99. The summed E-state index contributed by atoms with van der Waals surface area (Å²) in [6, 6.07) is 2.12. The van der Waals surface area contributed by atoms with Crippen LogP contribution in [0.3, 0.4) is 0 Å². The van der Waals surface area contributed by atoms with Crippen LogP contribution < -0.4 is 11.1 Å². The Labute approximate surface area is 80.9 Å². The highest BCUT2D eigenvalue weighted by molar-refractivity contribution is 5.75. The topological polar surface area (TPSA) is 68.2 Å². The Morgan fingerprint density at radius 1 is 1.64 bits per heavy atom. The van der Waals surface area contributed by atoms with Crippen LogP contribution in [0, 0.1) is 6.92 Å². The van der Waals surface area contributed by atoms with Crippen molar-refractivity contribution in [3.63, 3.8) is 0 Å². The third kappa shape index (κ3) is 0.820. The third-order valence-electron chi connectivity index (χ3n) is 2.65. The summed E-state index contributed by atoms with van der Waals surface area (Å²) >= 11 is 0. The van der Waals surface area contributed by atoms with Gasteiger partial charge in [0.1, 0.15) is 11.8 Å². The van der Waals surface area contributed by atoms with Gasteiger partial charge in [-0.3, -0.25) is 0 Å². The molecule has 0 aliphatic carbocycles. The lowest BCUT2D eigenvalue weighted by atomic mass is 10.1. The highest BCUT2D eigenvalue weighted by Crippen LogP contribution is 2.29. The molecule has 0 bridgehead atoms. The fraction of sp³-hybridized carbons (Fsp3) is 0.333. The molecule has 1 aliphatic heterocycles. The zero-order valence-electron chi connectivity index (χ0n) is 7.86. The molecule has 0 spiro atoms. The number of aryl methyl sites for hydroxylation is 1. The second kappa shape index (κ2) is 2.45. The lowest BCUT2D eigenvalue weighted by Gasteiger charge is -2.19. The predicted molar refractivity (Wildman–Crippen MR) is 53.1 cm³/mol. The van der Waals surface area contributed by atoms with Crippen LogP contribution >= 0.6 is 0 Å². The molecule has 1 unspecified atom stereocenters. The van der Waals surface area contributed by atoms with Gasteiger partial charge in [0.2, 0.25) is 0 Å². The Bertz CT molecular complexity index is 501. The minimum absolute atomic E-state index is 0.0391. The van der Waals surface area contributed by atoms with Crippen molar-refractivity contribution in [1.82, 2.24) is 14.6 Å². The molecule has 2 aromatic rings. The van der Waals surface area contributed by atoms with Gasteiger partial charge in [-0.1, -0.05) is 0 Å². The first-order valence-corrected chi connectivity index (χ1v) is 4.60. The van der Waals surface area contributed by atoms with E-state index in [1.165, 1.54) is 0 Å². The molecule has 72 valence electrons. The zero-order valence-corrected chi connectivity index (χ0v) is 7.86. The number of nitrogens with two attached hydrogens (primary N) is 1. The molecule has 3 heterocycles. The van der Waals surface area contributed by atoms with Crippen LogP contribution in [0.4, 0.5) is 5.82 Å². The fourth-order valence-corrected chi connectivity index (χ4v) is 1.96. The summed E-state index contributed by atoms with van der Waals surface area (Å²) in [4.78, 5) is 4.19. The highest BCUT2D eigenvalue weighted by Gasteiger charge is 2.22. The van der Waals surface area contributed by atoms with E-state index in [2.05, 4.69) is 21.5 Å². The van der Waals surface area contributed by atoms with Crippen LogP contribution in [0.15, 0.2) is 12.4 Å². The number of nitrogens with one attached hydrogen (secondary N) is 1. The average molecular weight is 189 g/mol. The first-order valence-electron chi connectivity index (χ1n) is 4.60. The fourth-order valence-electron chi connectivity index (χ4n) is 1.96. The number of anilines is 1. The molecule has 3 rings (SSSR count). The number of aromatic nitrogens is 3. The van der Waals surface area contributed by atoms with E-state index in [1.807, 2.05) is 11.4 Å². The second-order valence-electron chi connectivity index (χ2n) is 3.60. The Morgan fingerprint density at radius 3 is 3.36 bits per heavy atom. The van der Waals surface area contributed by atoms with Gasteiger partial charge in [-0.25, -0.2) is 9.50 Å². The number of nitrogens with zero attached hydrogens (tertiary/aromatic N) is 3. The Morgan fingerprint density at radius 2 is 2.50 bits per heavy atom. The van der Waals surface area contributed by atoms with E-state index in [-0.39, 0.29) is 6.04 Å². The normalized spacial score (nSPS) is 19.7. The molecular formula is C9H11N5. The molecular weight excluding hydrogens is 178 g/mol. The van der Waals surface area contributed by atoms with E-state index >= 15 is 0 Å². The maximum absolute atomic E-state index is 5.99. The van der Waals surface area contributed by atoms with E-state index in [0.29, 0.717) is 0 Å². The van der Waals surface area contributed by atoms with Crippen molar-refractivity contribution in [3.05, 3.63) is 23.7 Å². The average Bonchev–Trinajstić information content (AvgIpc) is 2.53. The van der Waals surface area contributed by atoms with E-state index in [1.54, 1.807) is 6.33 Å². The van der Waals surface area contributed by atoms with Crippen molar-refractivity contribution < 1.29 is 0 Å². The molecule has 0 aromatic carbocycles. The van der Waals surface area contributed by atoms with E-state index in [4.69, 9.17) is 5.73 Å². The Kier molecular flexibility index (Phi) is 1.36. The van der Waals surface area contributed by atoms with Crippen molar-refractivity contribution >= 4 is 11.3 Å². The Hall–Kier alpha value is -1.62. The van der Waals surface area contributed by atoms with Crippen LogP contribution in [0.25, 0.3) is 5.52 Å². The zero-order chi connectivity index (χ0) is 9.71. The maximum Gasteiger partial charge on any atom is 0.154 e. The van der Waals surface area contributed by atoms with Gasteiger partial charge in [0.15, 0.2) is 5.82 Å². The first-order chi connectivity index (χ1) is 6.77. The van der Waals surface area contributed by atoms with Crippen molar-refractivity contribution in [1.29, 1.82) is 0 Å². The molecule has 14 heavy (non-hydrogen) atoms. The molecule has 0 amide bonds. The van der Waals surface area contributed by atoms with Gasteiger partial charge in [0, 0.05) is 23.8 Å². The van der Waals surface area contributed by atoms with Crippen LogP contribution in [0.1, 0.15) is 17.3 Å². The summed E-state index contributed by atoms with van der Waals surface area (Å²) in [6.45, 7) is 2.76. The van der Waals surface area contributed by atoms with Gasteiger partial charge in [-0.15, -0.1) is 0 Å². The van der Waals surface area contributed by atoms with Gasteiger partial charge in [0.05, 0.1) is 0 Å². The quantitative estimate of drug-likeness (QED) is 0.632. The first kappa shape index (κ1) is 7.75. The summed E-state index contributed by atoms with van der Waals surface area (Å²) in [6.07, 6.45) is 1.56. The summed E-state index contributed by atoms with van der Waals surface area (Å²) < 4.78 is 1.88. The summed E-state index contributed by atoms with van der Waals surface area (Å²) in [7, 11) is 0. The van der Waals surface area contributed by atoms with Gasteiger partial charge >= 0.3 is 0 Å². The monoisotopic (exact) mass is 189 g/mol. The molecule has 0 radical (unpaired) electrons. The van der Waals surface area contributed by atoms with Crippen molar-refractivity contribution in [2.45, 2.75) is 13.0 Å². The predicted octanol–water partition coefficient (Wildman–Crippen LogP) is 0.463. The smallest absolute Gasteiger partial charge is 0.154 e. The number of hydrogen-bond acceptors (Lipinski definition) is 4. The Balaban J connectivity index is 2.47. The lowest BCUT2D eigenvalue weighted by Crippen LogP contribution is -2.25. The molecule has 5 nitrogen and oxygen atoms in total. The van der Waals surface area contributed by atoms with Crippen molar-refractivity contribution in [2.24, 2.45) is 5.73 Å². The molecule has 1 aliphatic rings. The van der Waals surface area contributed by atoms with Crippen LogP contribution in [0.5, 0.6) is 0 Å². The second-order valence-corrected chi connectivity index (χ2v) is 3.60. The van der Waals surface area contributed by atoms with Gasteiger partial charge in [-0.2, -0.15) is 5.10 Å². The van der Waals surface area contributed by atoms with Gasteiger partial charge in [0.25, 0.3) is 0 Å².